The van der Waals surface area contributed by atoms with Gasteiger partial charge in [0.05, 0.1) is 6.42 Å². The summed E-state index contributed by atoms with van der Waals surface area (Å²) in [6.45, 7) is 0.967. The first-order valence-electron chi connectivity index (χ1n) is 5.72. The van der Waals surface area contributed by atoms with Crippen molar-refractivity contribution in [2.45, 2.75) is 13.0 Å². The molecule has 18 heavy (non-hydrogen) atoms. The maximum atomic E-state index is 11.6. The lowest BCUT2D eigenvalue weighted by Gasteiger charge is -2.10. The summed E-state index contributed by atoms with van der Waals surface area (Å²) >= 11 is 0. The molecule has 0 fully saturated rings. The molecule has 0 saturated heterocycles. The zero-order chi connectivity index (χ0) is 13.5. The molecule has 0 spiro atoms. The molecule has 2 N–H and O–H groups in total. The number of carbonyl (C=O) groups is 2. The molecule has 5 nitrogen and oxygen atoms in total. The van der Waals surface area contributed by atoms with Crippen LogP contribution in [0, 0.1) is 0 Å². The van der Waals surface area contributed by atoms with Crippen LogP contribution in [0.25, 0.3) is 0 Å². The van der Waals surface area contributed by atoms with Crippen molar-refractivity contribution in [2.75, 3.05) is 20.6 Å². The molecule has 1 rings (SSSR count). The number of benzene rings is 1. The molecule has 0 radical (unpaired) electrons. The van der Waals surface area contributed by atoms with Gasteiger partial charge in [-0.3, -0.25) is 9.59 Å². The van der Waals surface area contributed by atoms with Crippen molar-refractivity contribution < 1.29 is 14.7 Å². The number of hydrogen-bond acceptors (Lipinski definition) is 3. The molecule has 0 aromatic heterocycles. The second-order valence-electron chi connectivity index (χ2n) is 4.33. The van der Waals surface area contributed by atoms with E-state index in [2.05, 4.69) is 5.32 Å². The van der Waals surface area contributed by atoms with Crippen molar-refractivity contribution in [3.05, 3.63) is 35.4 Å². The molecule has 98 valence electrons. The fourth-order valence-corrected chi connectivity index (χ4v) is 1.51. The maximum absolute atomic E-state index is 11.6. The zero-order valence-corrected chi connectivity index (χ0v) is 10.6. The molecule has 0 heterocycles. The highest BCUT2D eigenvalue weighted by atomic mass is 16.4. The molecule has 0 aliphatic heterocycles. The summed E-state index contributed by atoms with van der Waals surface area (Å²) in [5, 5.41) is 11.0. The Morgan fingerprint density at radius 1 is 1.22 bits per heavy atom. The average Bonchev–Trinajstić information content (AvgIpc) is 2.28. The summed E-state index contributed by atoms with van der Waals surface area (Å²) in [7, 11) is 3.96. The number of nitrogens with zero attached hydrogens (tertiary/aromatic N) is 1. The minimum atomic E-state index is -0.920. The summed E-state index contributed by atoms with van der Waals surface area (Å²) in [6, 6.07) is 7.28. The van der Waals surface area contributed by atoms with E-state index in [4.69, 9.17) is 5.11 Å². The van der Waals surface area contributed by atoms with Gasteiger partial charge in [-0.05, 0) is 31.8 Å². The second kappa shape index (κ2) is 6.76. The molecule has 0 bridgehead atoms. The van der Waals surface area contributed by atoms with Gasteiger partial charge in [-0.1, -0.05) is 12.1 Å². The van der Waals surface area contributed by atoms with Crippen LogP contribution in [0.3, 0.4) is 0 Å². The molecule has 0 unspecified atom stereocenters. The fraction of sp³-hybridized carbons (Fsp3) is 0.385. The summed E-state index contributed by atoms with van der Waals surface area (Å²) in [5.41, 5.74) is 1.67. The topological polar surface area (TPSA) is 69.6 Å². The van der Waals surface area contributed by atoms with E-state index >= 15 is 0 Å². The van der Waals surface area contributed by atoms with Crippen LogP contribution in [0.1, 0.15) is 22.3 Å². The summed E-state index contributed by atoms with van der Waals surface area (Å²) in [5.74, 6) is -1.16. The predicted molar refractivity (Wildman–Crippen MR) is 68.4 cm³/mol. The van der Waals surface area contributed by atoms with Crippen molar-refractivity contribution in [3.63, 3.8) is 0 Å². The van der Waals surface area contributed by atoms with Crippen LogP contribution in [0.5, 0.6) is 0 Å². The molecule has 1 amide bonds. The quantitative estimate of drug-likeness (QED) is 0.788. The van der Waals surface area contributed by atoms with E-state index in [1.165, 1.54) is 0 Å². The number of rotatable bonds is 6. The number of nitrogens with one attached hydrogen (secondary N) is 1. The van der Waals surface area contributed by atoms with Crippen molar-refractivity contribution >= 4 is 11.9 Å². The summed E-state index contributed by atoms with van der Waals surface area (Å²) in [4.78, 5) is 24.0. The van der Waals surface area contributed by atoms with Gasteiger partial charge < -0.3 is 15.3 Å². The smallest absolute Gasteiger partial charge is 0.305 e. The Morgan fingerprint density at radius 2 is 1.83 bits per heavy atom. The normalized spacial score (nSPS) is 10.4. The van der Waals surface area contributed by atoms with Gasteiger partial charge in [0.1, 0.15) is 0 Å². The molecular formula is C13H18N2O3. The van der Waals surface area contributed by atoms with Gasteiger partial charge >= 0.3 is 5.97 Å². The van der Waals surface area contributed by atoms with Crippen LogP contribution in [0.4, 0.5) is 0 Å². The van der Waals surface area contributed by atoms with Crippen LogP contribution < -0.4 is 5.32 Å². The highest BCUT2D eigenvalue weighted by Gasteiger charge is 2.06. The minimum absolute atomic E-state index is 0.0650. The van der Waals surface area contributed by atoms with Crippen LogP contribution in [-0.2, 0) is 11.3 Å². The first-order valence-corrected chi connectivity index (χ1v) is 5.72. The van der Waals surface area contributed by atoms with Gasteiger partial charge in [-0.2, -0.15) is 0 Å². The number of amides is 1. The fourth-order valence-electron chi connectivity index (χ4n) is 1.51. The first kappa shape index (κ1) is 14.2. The lowest BCUT2D eigenvalue weighted by molar-refractivity contribution is -0.136. The molecule has 0 aliphatic carbocycles. The monoisotopic (exact) mass is 250 g/mol. The third-order valence-electron chi connectivity index (χ3n) is 2.34. The number of aliphatic carboxylic acids is 1. The maximum Gasteiger partial charge on any atom is 0.305 e. The van der Waals surface area contributed by atoms with Crippen LogP contribution in [-0.4, -0.2) is 42.5 Å². The Hall–Kier alpha value is -1.88. The lowest BCUT2D eigenvalue weighted by Crippen LogP contribution is -2.26. The second-order valence-corrected chi connectivity index (χ2v) is 4.33. The van der Waals surface area contributed by atoms with Crippen molar-refractivity contribution in [1.29, 1.82) is 0 Å². The highest BCUT2D eigenvalue weighted by molar-refractivity contribution is 5.94. The van der Waals surface area contributed by atoms with Crippen molar-refractivity contribution in [2.24, 2.45) is 0 Å². The standard InChI is InChI=1S/C13H18N2O3/c1-15(2)9-10-3-5-11(6-4-10)13(18)14-8-7-12(16)17/h3-6H,7-9H2,1-2H3,(H,14,18)(H,16,17). The zero-order valence-electron chi connectivity index (χ0n) is 10.6. The average molecular weight is 250 g/mol. The molecule has 5 heteroatoms. The van der Waals surface area contributed by atoms with E-state index in [0.29, 0.717) is 5.56 Å². The molecule has 1 aromatic carbocycles. The molecule has 0 aliphatic rings. The van der Waals surface area contributed by atoms with Gasteiger partial charge in [0.2, 0.25) is 0 Å². The van der Waals surface area contributed by atoms with E-state index in [1.807, 2.05) is 31.1 Å². The molecule has 1 aromatic rings. The Bertz CT molecular complexity index is 413. The number of carboxylic acids is 1. The largest absolute Gasteiger partial charge is 0.481 e. The Balaban J connectivity index is 2.51. The van der Waals surface area contributed by atoms with E-state index in [9.17, 15) is 9.59 Å². The summed E-state index contributed by atoms with van der Waals surface area (Å²) < 4.78 is 0. The summed E-state index contributed by atoms with van der Waals surface area (Å²) in [6.07, 6.45) is -0.0650. The third kappa shape index (κ3) is 4.97. The van der Waals surface area contributed by atoms with Gasteiger partial charge in [0.15, 0.2) is 0 Å². The lowest BCUT2D eigenvalue weighted by atomic mass is 10.1. The van der Waals surface area contributed by atoms with Crippen LogP contribution in [0.2, 0.25) is 0 Å². The van der Waals surface area contributed by atoms with E-state index < -0.39 is 5.97 Å². The Labute approximate surface area is 106 Å². The number of hydrogen-bond donors (Lipinski definition) is 2. The van der Waals surface area contributed by atoms with Gasteiger partial charge in [0, 0.05) is 18.7 Å². The van der Waals surface area contributed by atoms with E-state index in [-0.39, 0.29) is 18.9 Å². The highest BCUT2D eigenvalue weighted by Crippen LogP contribution is 2.06. The molecule has 0 saturated carbocycles. The molecular weight excluding hydrogens is 232 g/mol. The van der Waals surface area contributed by atoms with Crippen molar-refractivity contribution in [3.8, 4) is 0 Å². The van der Waals surface area contributed by atoms with Crippen LogP contribution in [0.15, 0.2) is 24.3 Å². The van der Waals surface area contributed by atoms with E-state index in [0.717, 1.165) is 12.1 Å². The SMILES string of the molecule is CN(C)Cc1ccc(C(=O)NCCC(=O)O)cc1. The predicted octanol–water partition coefficient (Wildman–Crippen LogP) is 0.953. The Kier molecular flexibility index (Phi) is 5.32. The van der Waals surface area contributed by atoms with Crippen molar-refractivity contribution in [1.82, 2.24) is 10.2 Å². The minimum Gasteiger partial charge on any atom is -0.481 e. The first-order chi connectivity index (χ1) is 8.49. The van der Waals surface area contributed by atoms with Gasteiger partial charge in [-0.15, -0.1) is 0 Å². The number of carbonyl (C=O) groups excluding carboxylic acids is 1. The van der Waals surface area contributed by atoms with E-state index in [1.54, 1.807) is 12.1 Å². The van der Waals surface area contributed by atoms with Gasteiger partial charge in [0.25, 0.3) is 5.91 Å². The van der Waals surface area contributed by atoms with Gasteiger partial charge in [-0.25, -0.2) is 0 Å². The number of carboxylic acid groups (broad SMARTS) is 1. The van der Waals surface area contributed by atoms with Crippen LogP contribution >= 0.6 is 0 Å². The Morgan fingerprint density at radius 3 is 2.33 bits per heavy atom. The molecule has 0 atom stereocenters. The third-order valence-corrected chi connectivity index (χ3v) is 2.34.